The van der Waals surface area contributed by atoms with E-state index >= 15 is 0 Å². The fourth-order valence-corrected chi connectivity index (χ4v) is 0.921. The summed E-state index contributed by atoms with van der Waals surface area (Å²) in [5, 5.41) is 20.7. The quantitative estimate of drug-likeness (QED) is 0.637. The Morgan fingerprint density at radius 3 is 2.69 bits per heavy atom. The third kappa shape index (κ3) is 2.80. The van der Waals surface area contributed by atoms with E-state index < -0.39 is 6.04 Å². The third-order valence-corrected chi connectivity index (χ3v) is 1.73. The molecule has 1 rings (SSSR count). The molecule has 0 saturated heterocycles. The Bertz CT molecular complexity index is 268. The molecule has 0 unspecified atom stereocenters. The second-order valence-electron chi connectivity index (χ2n) is 2.43. The monoisotopic (exact) mass is 203 g/mol. The number of nitrogens with zero attached hydrogens (tertiary/aromatic N) is 2. The van der Waals surface area contributed by atoms with Gasteiger partial charge in [-0.1, -0.05) is 11.6 Å². The molecule has 6 heteroatoms. The average molecular weight is 204 g/mol. The Balaban J connectivity index is 2.67. The van der Waals surface area contributed by atoms with Gasteiger partial charge >= 0.3 is 0 Å². The van der Waals surface area contributed by atoms with Crippen molar-refractivity contribution in [3.63, 3.8) is 0 Å². The maximum Gasteiger partial charge on any atom is 0.148 e. The molecule has 3 N–H and O–H groups in total. The molecular formula is C7H10ClN3O2. The molecule has 72 valence electrons. The molecule has 0 amide bonds. The highest BCUT2D eigenvalue weighted by atomic mass is 35.5. The van der Waals surface area contributed by atoms with Crippen LogP contribution < -0.4 is 5.32 Å². The van der Waals surface area contributed by atoms with Crippen LogP contribution in [0.15, 0.2) is 12.5 Å². The average Bonchev–Trinajstić information content (AvgIpc) is 2.17. The van der Waals surface area contributed by atoms with E-state index in [1.807, 2.05) is 0 Å². The van der Waals surface area contributed by atoms with Gasteiger partial charge in [-0.2, -0.15) is 0 Å². The van der Waals surface area contributed by atoms with Crippen molar-refractivity contribution in [1.82, 2.24) is 9.97 Å². The lowest BCUT2D eigenvalue weighted by Gasteiger charge is -2.13. The number of hydrogen-bond donors (Lipinski definition) is 3. The van der Waals surface area contributed by atoms with Crippen LogP contribution in [0, 0.1) is 0 Å². The van der Waals surface area contributed by atoms with Crippen LogP contribution in [0.2, 0.25) is 5.02 Å². The molecule has 5 nitrogen and oxygen atoms in total. The highest BCUT2D eigenvalue weighted by Crippen LogP contribution is 2.16. The Labute approximate surface area is 80.4 Å². The first-order valence-electron chi connectivity index (χ1n) is 3.71. The van der Waals surface area contributed by atoms with Crippen LogP contribution in [0.5, 0.6) is 0 Å². The Hall–Kier alpha value is -0.910. The van der Waals surface area contributed by atoms with Gasteiger partial charge in [0.15, 0.2) is 0 Å². The van der Waals surface area contributed by atoms with E-state index in [4.69, 9.17) is 21.8 Å². The number of halogens is 1. The van der Waals surface area contributed by atoms with Gasteiger partial charge in [0.25, 0.3) is 0 Å². The summed E-state index contributed by atoms with van der Waals surface area (Å²) < 4.78 is 0. The largest absolute Gasteiger partial charge is 0.394 e. The van der Waals surface area contributed by atoms with Crippen LogP contribution in [0.25, 0.3) is 0 Å². The van der Waals surface area contributed by atoms with Crippen molar-refractivity contribution in [1.29, 1.82) is 0 Å². The molecule has 0 aliphatic rings. The summed E-state index contributed by atoms with van der Waals surface area (Å²) >= 11 is 5.73. The smallest absolute Gasteiger partial charge is 0.148 e. The Morgan fingerprint density at radius 2 is 2.15 bits per heavy atom. The number of anilines is 1. The van der Waals surface area contributed by atoms with Gasteiger partial charge < -0.3 is 15.5 Å². The summed E-state index contributed by atoms with van der Waals surface area (Å²) in [7, 11) is 0. The first-order chi connectivity index (χ1) is 6.27. The van der Waals surface area contributed by atoms with Gasteiger partial charge in [0.05, 0.1) is 25.5 Å². The molecule has 0 aliphatic heterocycles. The topological polar surface area (TPSA) is 78.3 Å². The van der Waals surface area contributed by atoms with Crippen LogP contribution in [0.1, 0.15) is 0 Å². The molecule has 13 heavy (non-hydrogen) atoms. The SMILES string of the molecule is OCC(CO)Nc1ncncc1Cl. The maximum atomic E-state index is 8.77. The molecule has 1 aromatic heterocycles. The molecule has 0 aliphatic carbocycles. The molecular weight excluding hydrogens is 194 g/mol. The highest BCUT2D eigenvalue weighted by Gasteiger charge is 2.08. The predicted octanol–water partition coefficient (Wildman–Crippen LogP) is -0.105. The van der Waals surface area contributed by atoms with Crippen molar-refractivity contribution in [2.45, 2.75) is 6.04 Å². The lowest BCUT2D eigenvalue weighted by atomic mass is 10.3. The van der Waals surface area contributed by atoms with E-state index in [-0.39, 0.29) is 13.2 Å². The minimum atomic E-state index is -0.451. The van der Waals surface area contributed by atoms with Crippen LogP contribution in [-0.2, 0) is 0 Å². The van der Waals surface area contributed by atoms with Gasteiger partial charge in [-0.15, -0.1) is 0 Å². The summed E-state index contributed by atoms with van der Waals surface area (Å²) in [4.78, 5) is 7.53. The van der Waals surface area contributed by atoms with E-state index in [1.165, 1.54) is 12.5 Å². The van der Waals surface area contributed by atoms with E-state index in [2.05, 4.69) is 15.3 Å². The van der Waals surface area contributed by atoms with Crippen LogP contribution in [-0.4, -0.2) is 39.4 Å². The fraction of sp³-hybridized carbons (Fsp3) is 0.429. The second kappa shape index (κ2) is 4.96. The second-order valence-corrected chi connectivity index (χ2v) is 2.83. The number of rotatable bonds is 4. The van der Waals surface area contributed by atoms with Crippen molar-refractivity contribution in [3.05, 3.63) is 17.5 Å². The molecule has 0 bridgehead atoms. The standard InChI is InChI=1S/C7H10ClN3O2/c8-6-1-9-4-10-7(6)11-5(2-12)3-13/h1,4-5,12-13H,2-3H2,(H,9,10,11). The van der Waals surface area contributed by atoms with Gasteiger partial charge in [-0.25, -0.2) is 9.97 Å². The van der Waals surface area contributed by atoms with Gasteiger partial charge in [0, 0.05) is 0 Å². The normalized spacial score (nSPS) is 10.5. The molecule has 0 saturated carbocycles. The van der Waals surface area contributed by atoms with Crippen molar-refractivity contribution >= 4 is 17.4 Å². The summed E-state index contributed by atoms with van der Waals surface area (Å²) in [6.45, 7) is -0.367. The summed E-state index contributed by atoms with van der Waals surface area (Å²) in [5.74, 6) is 0.407. The van der Waals surface area contributed by atoms with Gasteiger partial charge in [-0.05, 0) is 0 Å². The number of aliphatic hydroxyl groups excluding tert-OH is 2. The lowest BCUT2D eigenvalue weighted by Crippen LogP contribution is -2.28. The molecule has 0 spiro atoms. The Kier molecular flexibility index (Phi) is 3.88. The van der Waals surface area contributed by atoms with Gasteiger partial charge in [0.1, 0.15) is 17.2 Å². The number of nitrogens with one attached hydrogen (secondary N) is 1. The molecule has 1 aromatic rings. The number of aromatic nitrogens is 2. The fourth-order valence-electron chi connectivity index (χ4n) is 0.761. The first kappa shape index (κ1) is 10.2. The van der Waals surface area contributed by atoms with Crippen molar-refractivity contribution in [2.75, 3.05) is 18.5 Å². The van der Waals surface area contributed by atoms with Gasteiger partial charge in [-0.3, -0.25) is 0 Å². The number of hydrogen-bond acceptors (Lipinski definition) is 5. The van der Waals surface area contributed by atoms with Crippen LogP contribution in [0.3, 0.4) is 0 Å². The maximum absolute atomic E-state index is 8.77. The van der Waals surface area contributed by atoms with Crippen LogP contribution >= 0.6 is 11.6 Å². The predicted molar refractivity (Wildman–Crippen MR) is 48.6 cm³/mol. The molecule has 0 radical (unpaired) electrons. The number of aliphatic hydroxyl groups is 2. The van der Waals surface area contributed by atoms with E-state index in [1.54, 1.807) is 0 Å². The summed E-state index contributed by atoms with van der Waals surface area (Å²) in [5.41, 5.74) is 0. The zero-order valence-corrected chi connectivity index (χ0v) is 7.57. The minimum absolute atomic E-state index is 0.184. The molecule has 1 heterocycles. The minimum Gasteiger partial charge on any atom is -0.394 e. The zero-order valence-electron chi connectivity index (χ0n) is 6.81. The van der Waals surface area contributed by atoms with Crippen molar-refractivity contribution < 1.29 is 10.2 Å². The lowest BCUT2D eigenvalue weighted by molar-refractivity contribution is 0.203. The van der Waals surface area contributed by atoms with E-state index in [9.17, 15) is 0 Å². The molecule has 0 aromatic carbocycles. The highest BCUT2D eigenvalue weighted by molar-refractivity contribution is 6.32. The van der Waals surface area contributed by atoms with Crippen LogP contribution in [0.4, 0.5) is 5.82 Å². The third-order valence-electron chi connectivity index (χ3n) is 1.45. The van der Waals surface area contributed by atoms with E-state index in [0.717, 1.165) is 0 Å². The summed E-state index contributed by atoms with van der Waals surface area (Å²) in [6.07, 6.45) is 2.77. The molecule has 0 fully saturated rings. The first-order valence-corrected chi connectivity index (χ1v) is 4.09. The van der Waals surface area contributed by atoms with Crippen molar-refractivity contribution in [3.8, 4) is 0 Å². The summed E-state index contributed by atoms with van der Waals surface area (Å²) in [6, 6.07) is -0.451. The Morgan fingerprint density at radius 1 is 1.46 bits per heavy atom. The molecule has 0 atom stereocenters. The van der Waals surface area contributed by atoms with E-state index in [0.29, 0.717) is 10.8 Å². The zero-order chi connectivity index (χ0) is 9.68. The van der Waals surface area contributed by atoms with Gasteiger partial charge in [0.2, 0.25) is 0 Å². The van der Waals surface area contributed by atoms with Crippen molar-refractivity contribution in [2.24, 2.45) is 0 Å².